The summed E-state index contributed by atoms with van der Waals surface area (Å²) in [4.78, 5) is 10.2. The van der Waals surface area contributed by atoms with Crippen LogP contribution in [0.1, 0.15) is 30.4 Å². The summed E-state index contributed by atoms with van der Waals surface area (Å²) in [6.07, 6.45) is 5.46. The Morgan fingerprint density at radius 2 is 2.06 bits per heavy atom. The number of rotatable bonds is 6. The predicted octanol–water partition coefficient (Wildman–Crippen LogP) is 3.67. The molecule has 98 valence electrons. The Morgan fingerprint density at radius 3 is 2.67 bits per heavy atom. The SMILES string of the molecule is O=NC(Cl)Cc1ccc(CCC2CCCO2)cc1. The normalized spacial score (nSPS) is 20.8. The van der Waals surface area contributed by atoms with Crippen LogP contribution < -0.4 is 0 Å². The van der Waals surface area contributed by atoms with E-state index in [4.69, 9.17) is 16.3 Å². The Bertz CT molecular complexity index is 374. The van der Waals surface area contributed by atoms with Gasteiger partial charge in [-0.15, -0.1) is 4.91 Å². The number of hydrogen-bond acceptors (Lipinski definition) is 3. The average molecular weight is 268 g/mol. The third kappa shape index (κ3) is 4.07. The summed E-state index contributed by atoms with van der Waals surface area (Å²) in [7, 11) is 0. The summed E-state index contributed by atoms with van der Waals surface area (Å²) >= 11 is 5.69. The van der Waals surface area contributed by atoms with Crippen LogP contribution in [-0.4, -0.2) is 18.2 Å². The molecule has 0 radical (unpaired) electrons. The van der Waals surface area contributed by atoms with Crippen LogP contribution >= 0.6 is 11.6 Å². The summed E-state index contributed by atoms with van der Waals surface area (Å²) < 4.78 is 5.60. The van der Waals surface area contributed by atoms with Crippen molar-refractivity contribution in [1.29, 1.82) is 0 Å². The van der Waals surface area contributed by atoms with Gasteiger partial charge in [0.05, 0.1) is 6.10 Å². The molecule has 4 heteroatoms. The maximum Gasteiger partial charge on any atom is 0.169 e. The zero-order chi connectivity index (χ0) is 12.8. The molecule has 0 N–H and O–H groups in total. The molecule has 1 aliphatic heterocycles. The molecule has 2 rings (SSSR count). The Morgan fingerprint density at radius 1 is 1.33 bits per heavy atom. The summed E-state index contributed by atoms with van der Waals surface area (Å²) in [5.74, 6) is 0. The van der Waals surface area contributed by atoms with Crippen molar-refractivity contribution in [2.24, 2.45) is 5.18 Å². The molecule has 1 fully saturated rings. The number of nitrogens with zero attached hydrogens (tertiary/aromatic N) is 1. The number of nitroso groups, excluding NO2 is 1. The van der Waals surface area contributed by atoms with Crippen LogP contribution in [0.2, 0.25) is 0 Å². The lowest BCUT2D eigenvalue weighted by molar-refractivity contribution is 0.104. The van der Waals surface area contributed by atoms with Crippen molar-refractivity contribution in [3.8, 4) is 0 Å². The first-order chi connectivity index (χ1) is 8.78. The van der Waals surface area contributed by atoms with E-state index in [9.17, 15) is 4.91 Å². The lowest BCUT2D eigenvalue weighted by Gasteiger charge is -2.09. The molecular weight excluding hydrogens is 250 g/mol. The molecule has 0 spiro atoms. The van der Waals surface area contributed by atoms with Crippen LogP contribution in [0.3, 0.4) is 0 Å². The quantitative estimate of drug-likeness (QED) is 0.448. The minimum atomic E-state index is -0.664. The molecule has 2 unspecified atom stereocenters. The van der Waals surface area contributed by atoms with Crippen LogP contribution in [0.4, 0.5) is 0 Å². The molecule has 0 aliphatic carbocycles. The van der Waals surface area contributed by atoms with Gasteiger partial charge in [0.25, 0.3) is 0 Å². The number of benzene rings is 1. The number of alkyl halides is 1. The lowest BCUT2D eigenvalue weighted by Crippen LogP contribution is -2.06. The van der Waals surface area contributed by atoms with E-state index in [2.05, 4.69) is 17.3 Å². The molecule has 0 amide bonds. The standard InChI is InChI=1S/C14H18ClNO2/c15-14(16-17)10-12-5-3-11(4-6-12)7-8-13-2-1-9-18-13/h3-6,13-14H,1-2,7-10H2. The van der Waals surface area contributed by atoms with Gasteiger partial charge in [0.2, 0.25) is 0 Å². The van der Waals surface area contributed by atoms with E-state index < -0.39 is 5.50 Å². The van der Waals surface area contributed by atoms with Crippen molar-refractivity contribution in [1.82, 2.24) is 0 Å². The first-order valence-electron chi connectivity index (χ1n) is 6.44. The predicted molar refractivity (Wildman–Crippen MR) is 72.9 cm³/mol. The molecule has 1 aromatic rings. The van der Waals surface area contributed by atoms with Crippen LogP contribution in [-0.2, 0) is 17.6 Å². The Labute approximate surface area is 112 Å². The van der Waals surface area contributed by atoms with Gasteiger partial charge in [0, 0.05) is 13.0 Å². The molecule has 0 saturated carbocycles. The first kappa shape index (κ1) is 13.5. The third-order valence-electron chi connectivity index (χ3n) is 3.32. The van der Waals surface area contributed by atoms with E-state index in [-0.39, 0.29) is 0 Å². The van der Waals surface area contributed by atoms with Gasteiger partial charge >= 0.3 is 0 Å². The van der Waals surface area contributed by atoms with Gasteiger partial charge in [0.15, 0.2) is 5.50 Å². The van der Waals surface area contributed by atoms with E-state index in [1.165, 1.54) is 18.4 Å². The second-order valence-corrected chi connectivity index (χ2v) is 5.24. The van der Waals surface area contributed by atoms with Crippen molar-refractivity contribution < 1.29 is 4.74 Å². The van der Waals surface area contributed by atoms with E-state index in [0.717, 1.165) is 25.0 Å². The molecule has 1 aliphatic rings. The molecule has 0 bridgehead atoms. The molecule has 1 saturated heterocycles. The minimum Gasteiger partial charge on any atom is -0.378 e. The molecule has 1 aromatic carbocycles. The number of halogens is 1. The minimum absolute atomic E-state index is 0.441. The number of aryl methyl sites for hydroxylation is 1. The van der Waals surface area contributed by atoms with E-state index in [0.29, 0.717) is 12.5 Å². The smallest absolute Gasteiger partial charge is 0.169 e. The molecule has 3 nitrogen and oxygen atoms in total. The lowest BCUT2D eigenvalue weighted by atomic mass is 10.0. The second kappa shape index (κ2) is 6.86. The van der Waals surface area contributed by atoms with E-state index >= 15 is 0 Å². The fourth-order valence-electron chi connectivity index (χ4n) is 2.27. The first-order valence-corrected chi connectivity index (χ1v) is 6.87. The van der Waals surface area contributed by atoms with Crippen molar-refractivity contribution in [2.45, 2.75) is 43.7 Å². The van der Waals surface area contributed by atoms with E-state index in [1.54, 1.807) is 0 Å². The van der Waals surface area contributed by atoms with Gasteiger partial charge in [-0.25, -0.2) is 0 Å². The molecule has 0 aromatic heterocycles. The van der Waals surface area contributed by atoms with Gasteiger partial charge in [-0.05, 0) is 42.0 Å². The zero-order valence-corrected chi connectivity index (χ0v) is 11.1. The molecule has 18 heavy (non-hydrogen) atoms. The fraction of sp³-hybridized carbons (Fsp3) is 0.571. The second-order valence-electron chi connectivity index (χ2n) is 4.73. The van der Waals surface area contributed by atoms with Gasteiger partial charge in [0.1, 0.15) is 0 Å². The van der Waals surface area contributed by atoms with Crippen LogP contribution in [0, 0.1) is 4.91 Å². The topological polar surface area (TPSA) is 38.7 Å². The Balaban J connectivity index is 1.81. The molecule has 2 atom stereocenters. The summed E-state index contributed by atoms with van der Waals surface area (Å²) in [5.41, 5.74) is 1.69. The molecular formula is C14H18ClNO2. The van der Waals surface area contributed by atoms with Crippen molar-refractivity contribution in [2.75, 3.05) is 6.61 Å². The van der Waals surface area contributed by atoms with Gasteiger partial charge < -0.3 is 4.74 Å². The van der Waals surface area contributed by atoms with Gasteiger partial charge in [-0.2, -0.15) is 0 Å². The van der Waals surface area contributed by atoms with Crippen molar-refractivity contribution in [3.05, 3.63) is 40.3 Å². The van der Waals surface area contributed by atoms with Crippen molar-refractivity contribution in [3.63, 3.8) is 0 Å². The molecule has 1 heterocycles. The monoisotopic (exact) mass is 267 g/mol. The highest BCUT2D eigenvalue weighted by atomic mass is 35.5. The largest absolute Gasteiger partial charge is 0.378 e. The third-order valence-corrected chi connectivity index (χ3v) is 3.55. The Hall–Kier alpha value is -0.930. The van der Waals surface area contributed by atoms with Gasteiger partial charge in [-0.3, -0.25) is 0 Å². The van der Waals surface area contributed by atoms with Crippen LogP contribution in [0.5, 0.6) is 0 Å². The highest BCUT2D eigenvalue weighted by molar-refractivity contribution is 6.20. The summed E-state index contributed by atoms with van der Waals surface area (Å²) in [5, 5.41) is 2.79. The summed E-state index contributed by atoms with van der Waals surface area (Å²) in [6, 6.07) is 8.23. The van der Waals surface area contributed by atoms with Crippen molar-refractivity contribution >= 4 is 11.6 Å². The van der Waals surface area contributed by atoms with Crippen LogP contribution in [0.15, 0.2) is 29.4 Å². The van der Waals surface area contributed by atoms with Crippen LogP contribution in [0.25, 0.3) is 0 Å². The highest BCUT2D eigenvalue weighted by Crippen LogP contribution is 2.18. The Kier molecular flexibility index (Phi) is 5.14. The fourth-order valence-corrected chi connectivity index (χ4v) is 2.45. The van der Waals surface area contributed by atoms with Gasteiger partial charge in [-0.1, -0.05) is 35.9 Å². The zero-order valence-electron chi connectivity index (χ0n) is 10.3. The number of ether oxygens (including phenoxy) is 1. The maximum absolute atomic E-state index is 10.2. The number of hydrogen-bond donors (Lipinski definition) is 0. The van der Waals surface area contributed by atoms with E-state index in [1.807, 2.05) is 12.1 Å². The maximum atomic E-state index is 10.2. The highest BCUT2D eigenvalue weighted by Gasteiger charge is 2.14. The summed E-state index contributed by atoms with van der Waals surface area (Å²) in [6.45, 7) is 0.916. The average Bonchev–Trinajstić information content (AvgIpc) is 2.91.